The molecule has 0 radical (unpaired) electrons. The van der Waals surface area contributed by atoms with Gasteiger partial charge >= 0.3 is 6.18 Å². The molecule has 0 saturated carbocycles. The quantitative estimate of drug-likeness (QED) is 0.345. The van der Waals surface area contributed by atoms with Crippen LogP contribution in [-0.2, 0) is 12.7 Å². The molecule has 1 aromatic carbocycles. The van der Waals surface area contributed by atoms with Gasteiger partial charge in [-0.1, -0.05) is 11.8 Å². The first kappa shape index (κ1) is 21.5. The number of anilines is 1. The van der Waals surface area contributed by atoms with Crippen LogP contribution in [0.15, 0.2) is 29.3 Å². The molecule has 2 heterocycles. The van der Waals surface area contributed by atoms with Gasteiger partial charge in [0.15, 0.2) is 5.78 Å². The third kappa shape index (κ3) is 4.71. The molecule has 0 amide bonds. The van der Waals surface area contributed by atoms with Crippen molar-refractivity contribution in [2.24, 2.45) is 5.73 Å². The Bertz CT molecular complexity index is 1060. The van der Waals surface area contributed by atoms with Crippen molar-refractivity contribution >= 4 is 45.5 Å². The SMILES string of the molecule is Cc1nc(SCC(=O)c2ccc(CN)s2)c2cc(C(F)(F)F)cc(N(C)C)c2n1. The number of halogens is 3. The van der Waals surface area contributed by atoms with Crippen LogP contribution in [0.4, 0.5) is 18.9 Å². The molecule has 0 saturated heterocycles. The van der Waals surface area contributed by atoms with Crippen molar-refractivity contribution in [2.75, 3.05) is 24.7 Å². The Morgan fingerprint density at radius 2 is 1.97 bits per heavy atom. The number of fused-ring (bicyclic) bond motifs is 1. The molecule has 0 bridgehead atoms. The average molecular weight is 441 g/mol. The van der Waals surface area contributed by atoms with E-state index in [9.17, 15) is 18.0 Å². The van der Waals surface area contributed by atoms with Crippen molar-refractivity contribution in [1.29, 1.82) is 0 Å². The number of hydrogen-bond acceptors (Lipinski definition) is 7. The summed E-state index contributed by atoms with van der Waals surface area (Å²) in [6, 6.07) is 5.64. The lowest BCUT2D eigenvalue weighted by Gasteiger charge is -2.19. The lowest BCUT2D eigenvalue weighted by molar-refractivity contribution is -0.137. The number of nitrogens with zero attached hydrogens (tertiary/aromatic N) is 3. The van der Waals surface area contributed by atoms with Crippen molar-refractivity contribution < 1.29 is 18.0 Å². The van der Waals surface area contributed by atoms with Gasteiger partial charge in [0.25, 0.3) is 0 Å². The zero-order valence-corrected chi connectivity index (χ0v) is 17.6. The number of rotatable bonds is 6. The van der Waals surface area contributed by atoms with Crippen molar-refractivity contribution in [3.63, 3.8) is 0 Å². The zero-order chi connectivity index (χ0) is 21.3. The van der Waals surface area contributed by atoms with Crippen LogP contribution in [0.2, 0.25) is 0 Å². The van der Waals surface area contributed by atoms with Crippen molar-refractivity contribution in [1.82, 2.24) is 9.97 Å². The number of aryl methyl sites for hydroxylation is 1. The molecule has 154 valence electrons. The fourth-order valence-corrected chi connectivity index (χ4v) is 4.60. The van der Waals surface area contributed by atoms with Crippen LogP contribution in [-0.4, -0.2) is 35.6 Å². The van der Waals surface area contributed by atoms with E-state index in [1.54, 1.807) is 38.1 Å². The second kappa shape index (κ2) is 8.29. The summed E-state index contributed by atoms with van der Waals surface area (Å²) in [6.45, 7) is 2.03. The maximum atomic E-state index is 13.4. The molecule has 0 fully saturated rings. The molecule has 2 N–H and O–H groups in total. The number of thiophene rings is 1. The van der Waals surface area contributed by atoms with Crippen LogP contribution >= 0.6 is 23.1 Å². The Hall–Kier alpha value is -2.17. The summed E-state index contributed by atoms with van der Waals surface area (Å²) in [4.78, 5) is 24.2. The number of hydrogen-bond donors (Lipinski definition) is 1. The highest BCUT2D eigenvalue weighted by molar-refractivity contribution is 8.00. The summed E-state index contributed by atoms with van der Waals surface area (Å²) < 4.78 is 40.2. The Balaban J connectivity index is 2.02. The number of carbonyl (C=O) groups excluding carboxylic acids is 1. The molecule has 0 aliphatic rings. The Morgan fingerprint density at radius 1 is 1.24 bits per heavy atom. The first-order valence-corrected chi connectivity index (χ1v) is 10.4. The predicted octanol–water partition coefficient (Wildman–Crippen LogP) is 4.52. The highest BCUT2D eigenvalue weighted by atomic mass is 32.2. The van der Waals surface area contributed by atoms with Crippen molar-refractivity contribution in [3.05, 3.63) is 45.4 Å². The maximum absolute atomic E-state index is 13.4. The number of nitrogens with two attached hydrogens (primary N) is 1. The number of alkyl halides is 3. The minimum atomic E-state index is -4.50. The smallest absolute Gasteiger partial charge is 0.376 e. The Kier molecular flexibility index (Phi) is 6.16. The van der Waals surface area contributed by atoms with Gasteiger partial charge in [0, 0.05) is 30.9 Å². The van der Waals surface area contributed by atoms with Crippen LogP contribution < -0.4 is 10.6 Å². The molecule has 10 heteroatoms. The highest BCUT2D eigenvalue weighted by Gasteiger charge is 2.32. The first-order chi connectivity index (χ1) is 13.6. The fraction of sp³-hybridized carbons (Fsp3) is 0.316. The number of Topliss-reactive ketones (excluding diaryl/α,β-unsaturated/α-hetero) is 1. The van der Waals surface area contributed by atoms with E-state index < -0.39 is 11.7 Å². The van der Waals surface area contributed by atoms with Crippen LogP contribution in [0, 0.1) is 6.92 Å². The molecule has 29 heavy (non-hydrogen) atoms. The minimum absolute atomic E-state index is 0.0591. The highest BCUT2D eigenvalue weighted by Crippen LogP contribution is 2.38. The number of carbonyl (C=O) groups is 1. The van der Waals surface area contributed by atoms with Crippen LogP contribution in [0.5, 0.6) is 0 Å². The average Bonchev–Trinajstić information content (AvgIpc) is 3.13. The topological polar surface area (TPSA) is 72.1 Å². The minimum Gasteiger partial charge on any atom is -0.376 e. The molecule has 5 nitrogen and oxygen atoms in total. The van der Waals surface area contributed by atoms with Gasteiger partial charge in [0.2, 0.25) is 0 Å². The molecule has 3 rings (SSSR count). The normalized spacial score (nSPS) is 11.8. The third-order valence-corrected chi connectivity index (χ3v) is 6.28. The Labute approximate surface area is 174 Å². The van der Waals surface area contributed by atoms with Crippen LogP contribution in [0.3, 0.4) is 0 Å². The fourth-order valence-electron chi connectivity index (χ4n) is 2.75. The van der Waals surface area contributed by atoms with Gasteiger partial charge in [0.1, 0.15) is 10.9 Å². The largest absolute Gasteiger partial charge is 0.416 e. The summed E-state index contributed by atoms with van der Waals surface area (Å²) in [7, 11) is 3.32. The molecule has 0 aliphatic carbocycles. The van der Waals surface area contributed by atoms with Gasteiger partial charge in [-0.2, -0.15) is 13.2 Å². The van der Waals surface area contributed by atoms with Crippen LogP contribution in [0.25, 0.3) is 10.9 Å². The van der Waals surface area contributed by atoms with E-state index in [0.717, 1.165) is 28.8 Å². The van der Waals surface area contributed by atoms with E-state index in [2.05, 4.69) is 9.97 Å². The molecule has 2 aromatic heterocycles. The summed E-state index contributed by atoms with van der Waals surface area (Å²) in [6.07, 6.45) is -4.50. The maximum Gasteiger partial charge on any atom is 0.416 e. The van der Waals surface area contributed by atoms with Crippen LogP contribution in [0.1, 0.15) is 25.9 Å². The zero-order valence-electron chi connectivity index (χ0n) is 16.0. The summed E-state index contributed by atoms with van der Waals surface area (Å²) in [5.74, 6) is 0.365. The number of aromatic nitrogens is 2. The van der Waals surface area contributed by atoms with Gasteiger partial charge < -0.3 is 10.6 Å². The molecular weight excluding hydrogens is 421 g/mol. The van der Waals surface area contributed by atoms with E-state index in [1.165, 1.54) is 11.3 Å². The number of ketones is 1. The van der Waals surface area contributed by atoms with Crippen molar-refractivity contribution in [2.45, 2.75) is 24.7 Å². The first-order valence-electron chi connectivity index (χ1n) is 8.62. The molecule has 0 unspecified atom stereocenters. The van der Waals surface area contributed by atoms with Gasteiger partial charge in [-0.25, -0.2) is 9.97 Å². The van der Waals surface area contributed by atoms with E-state index in [-0.39, 0.29) is 16.9 Å². The number of thioether (sulfide) groups is 1. The van der Waals surface area contributed by atoms with Gasteiger partial charge in [0.05, 0.1) is 27.4 Å². The second-order valence-electron chi connectivity index (χ2n) is 6.54. The van der Waals surface area contributed by atoms with Crippen molar-refractivity contribution in [3.8, 4) is 0 Å². The summed E-state index contributed by atoms with van der Waals surface area (Å²) >= 11 is 2.43. The monoisotopic (exact) mass is 440 g/mol. The van der Waals surface area contributed by atoms with E-state index in [0.29, 0.717) is 33.5 Å². The molecular formula is C19H19F3N4OS2. The van der Waals surface area contributed by atoms with E-state index >= 15 is 0 Å². The molecule has 0 spiro atoms. The lowest BCUT2D eigenvalue weighted by atomic mass is 10.1. The lowest BCUT2D eigenvalue weighted by Crippen LogP contribution is -2.13. The van der Waals surface area contributed by atoms with Gasteiger partial charge in [-0.15, -0.1) is 11.3 Å². The third-order valence-electron chi connectivity index (χ3n) is 4.14. The van der Waals surface area contributed by atoms with Gasteiger partial charge in [-0.3, -0.25) is 4.79 Å². The molecule has 0 aliphatic heterocycles. The van der Waals surface area contributed by atoms with E-state index in [4.69, 9.17) is 5.73 Å². The predicted molar refractivity (Wildman–Crippen MR) is 111 cm³/mol. The van der Waals surface area contributed by atoms with Gasteiger partial charge in [-0.05, 0) is 31.2 Å². The molecule has 3 aromatic rings. The number of benzene rings is 1. The summed E-state index contributed by atoms with van der Waals surface area (Å²) in [5.41, 5.74) is 5.57. The second-order valence-corrected chi connectivity index (χ2v) is 8.67. The Morgan fingerprint density at radius 3 is 2.55 bits per heavy atom. The van der Waals surface area contributed by atoms with E-state index in [1.807, 2.05) is 0 Å². The molecule has 0 atom stereocenters. The standard InChI is InChI=1S/C19H19F3N4OS2/c1-10-24-17-13(6-11(19(20,21)22)7-14(17)26(2)3)18(25-10)28-9-15(27)16-5-4-12(8-23)29-16/h4-7H,8-9,23H2,1-3H3. The summed E-state index contributed by atoms with van der Waals surface area (Å²) in [5, 5.41) is 0.631.